The van der Waals surface area contributed by atoms with Crippen molar-refractivity contribution >= 4 is 28.2 Å². The van der Waals surface area contributed by atoms with E-state index in [1.165, 1.54) is 16.9 Å². The highest BCUT2D eigenvalue weighted by Gasteiger charge is 2.23. The lowest BCUT2D eigenvalue weighted by Crippen LogP contribution is -2.21. The van der Waals surface area contributed by atoms with Crippen molar-refractivity contribution in [1.29, 1.82) is 0 Å². The number of benzene rings is 2. The Kier molecular flexibility index (Phi) is 8.34. The number of anilines is 1. The molecule has 2 aromatic carbocycles. The van der Waals surface area contributed by atoms with E-state index in [0.717, 1.165) is 11.3 Å². The van der Waals surface area contributed by atoms with E-state index in [1.807, 2.05) is 60.8 Å². The molecule has 0 aliphatic heterocycles. The van der Waals surface area contributed by atoms with Crippen molar-refractivity contribution in [3.05, 3.63) is 65.0 Å². The molecule has 6 nitrogen and oxygen atoms in total. The van der Waals surface area contributed by atoms with Crippen LogP contribution >= 0.6 is 11.3 Å². The van der Waals surface area contributed by atoms with E-state index in [-0.39, 0.29) is 24.5 Å². The topological polar surface area (TPSA) is 73.9 Å². The van der Waals surface area contributed by atoms with Crippen LogP contribution in [0.25, 0.3) is 11.1 Å². The van der Waals surface area contributed by atoms with Gasteiger partial charge in [0.15, 0.2) is 6.61 Å². The number of nitrogens with one attached hydrogen (secondary N) is 1. The highest BCUT2D eigenvalue weighted by Crippen LogP contribution is 2.37. The van der Waals surface area contributed by atoms with Crippen molar-refractivity contribution in [2.75, 3.05) is 25.1 Å². The van der Waals surface area contributed by atoms with Crippen LogP contribution in [0.3, 0.4) is 0 Å². The van der Waals surface area contributed by atoms with Crippen LogP contribution in [0.1, 0.15) is 50.5 Å². The number of rotatable bonds is 9. The molecule has 0 fully saturated rings. The zero-order chi connectivity index (χ0) is 24.7. The molecule has 0 saturated heterocycles. The monoisotopic (exact) mass is 481 g/mol. The van der Waals surface area contributed by atoms with Gasteiger partial charge in [0, 0.05) is 10.9 Å². The second kappa shape index (κ2) is 11.2. The second-order valence-electron chi connectivity index (χ2n) is 8.64. The highest BCUT2D eigenvalue weighted by atomic mass is 32.1. The first-order valence-electron chi connectivity index (χ1n) is 11.3. The second-order valence-corrected chi connectivity index (χ2v) is 9.52. The van der Waals surface area contributed by atoms with E-state index >= 15 is 0 Å². The van der Waals surface area contributed by atoms with E-state index in [0.29, 0.717) is 28.5 Å². The Labute approximate surface area is 204 Å². The molecular formula is C27H31NO5S. The van der Waals surface area contributed by atoms with Gasteiger partial charge in [-0.2, -0.15) is 0 Å². The lowest BCUT2D eigenvalue weighted by Gasteiger charge is -2.19. The number of esters is 1. The number of hydrogen-bond acceptors (Lipinski definition) is 6. The molecule has 34 heavy (non-hydrogen) atoms. The minimum absolute atomic E-state index is 0.0413. The number of carbonyl (C=O) groups is 2. The molecule has 0 radical (unpaired) electrons. The van der Waals surface area contributed by atoms with Gasteiger partial charge in [0.2, 0.25) is 0 Å². The summed E-state index contributed by atoms with van der Waals surface area (Å²) in [5, 5.41) is 5.07. The molecule has 0 aliphatic rings. The first kappa shape index (κ1) is 25.3. The summed E-state index contributed by atoms with van der Waals surface area (Å²) < 4.78 is 16.4. The zero-order valence-electron chi connectivity index (χ0n) is 20.3. The fraction of sp³-hybridized carbons (Fsp3) is 0.333. The standard InChI is InChI=1S/C27H31NO5S/c1-6-31-20-12-8-18(9-13-20)22-17-34-25(24(22)26(30)32-7-2)28-23(29)16-33-21-14-10-19(11-15-21)27(3,4)5/h8-15,17H,6-7,16H2,1-5H3,(H,28,29). The summed E-state index contributed by atoms with van der Waals surface area (Å²) in [4.78, 5) is 25.4. The molecule has 3 rings (SSSR count). The average molecular weight is 482 g/mol. The molecule has 0 aliphatic carbocycles. The van der Waals surface area contributed by atoms with Gasteiger partial charge in [0.1, 0.15) is 22.1 Å². The quantitative estimate of drug-likeness (QED) is 0.363. The Morgan fingerprint density at radius 2 is 1.50 bits per heavy atom. The Hall–Kier alpha value is -3.32. The Morgan fingerprint density at radius 1 is 0.882 bits per heavy atom. The number of carbonyl (C=O) groups excluding carboxylic acids is 2. The lowest BCUT2D eigenvalue weighted by atomic mass is 9.87. The smallest absolute Gasteiger partial charge is 0.341 e. The summed E-state index contributed by atoms with van der Waals surface area (Å²) in [5.41, 5.74) is 3.08. The molecule has 0 bridgehead atoms. The van der Waals surface area contributed by atoms with Crippen molar-refractivity contribution in [2.24, 2.45) is 0 Å². The summed E-state index contributed by atoms with van der Waals surface area (Å²) in [6.07, 6.45) is 0. The fourth-order valence-corrected chi connectivity index (χ4v) is 4.30. The van der Waals surface area contributed by atoms with Gasteiger partial charge >= 0.3 is 5.97 Å². The first-order chi connectivity index (χ1) is 16.2. The summed E-state index contributed by atoms with van der Waals surface area (Å²) in [6.45, 7) is 10.7. The van der Waals surface area contributed by atoms with Gasteiger partial charge in [-0.25, -0.2) is 4.79 Å². The first-order valence-corrected chi connectivity index (χ1v) is 12.2. The molecule has 7 heteroatoms. The van der Waals surface area contributed by atoms with Crippen LogP contribution in [0.5, 0.6) is 11.5 Å². The van der Waals surface area contributed by atoms with Crippen LogP contribution in [0.2, 0.25) is 0 Å². The van der Waals surface area contributed by atoms with Crippen LogP contribution in [-0.4, -0.2) is 31.7 Å². The van der Waals surface area contributed by atoms with E-state index in [4.69, 9.17) is 14.2 Å². The number of hydrogen-bond donors (Lipinski definition) is 1. The summed E-state index contributed by atoms with van der Waals surface area (Å²) in [5.74, 6) is 0.516. The SMILES string of the molecule is CCOC(=O)c1c(-c2ccc(OCC)cc2)csc1NC(=O)COc1ccc(C(C)(C)C)cc1. The Morgan fingerprint density at radius 3 is 2.09 bits per heavy atom. The van der Waals surface area contributed by atoms with Crippen LogP contribution in [-0.2, 0) is 14.9 Å². The molecule has 1 N–H and O–H groups in total. The van der Waals surface area contributed by atoms with E-state index in [1.54, 1.807) is 6.92 Å². The van der Waals surface area contributed by atoms with Gasteiger partial charge in [0.05, 0.1) is 13.2 Å². The average Bonchev–Trinajstić information content (AvgIpc) is 3.22. The molecule has 1 amide bonds. The highest BCUT2D eigenvalue weighted by molar-refractivity contribution is 7.15. The Balaban J connectivity index is 1.74. The normalized spacial score (nSPS) is 11.1. The van der Waals surface area contributed by atoms with Crippen LogP contribution in [0.4, 0.5) is 5.00 Å². The van der Waals surface area contributed by atoms with Crippen molar-refractivity contribution in [1.82, 2.24) is 0 Å². The van der Waals surface area contributed by atoms with Gasteiger partial charge in [-0.15, -0.1) is 11.3 Å². The van der Waals surface area contributed by atoms with Gasteiger partial charge in [-0.05, 0) is 54.7 Å². The van der Waals surface area contributed by atoms with Crippen LogP contribution in [0.15, 0.2) is 53.9 Å². The maximum Gasteiger partial charge on any atom is 0.341 e. The predicted octanol–water partition coefficient (Wildman–Crippen LogP) is 6.31. The van der Waals surface area contributed by atoms with Gasteiger partial charge in [-0.3, -0.25) is 4.79 Å². The van der Waals surface area contributed by atoms with E-state index in [9.17, 15) is 9.59 Å². The third-order valence-electron chi connectivity index (χ3n) is 5.09. The molecule has 3 aromatic rings. The van der Waals surface area contributed by atoms with Crippen molar-refractivity contribution in [3.8, 4) is 22.6 Å². The van der Waals surface area contributed by atoms with Gasteiger partial charge < -0.3 is 19.5 Å². The lowest BCUT2D eigenvalue weighted by molar-refractivity contribution is -0.118. The summed E-state index contributed by atoms with van der Waals surface area (Å²) in [7, 11) is 0. The molecule has 0 spiro atoms. The minimum Gasteiger partial charge on any atom is -0.494 e. The van der Waals surface area contributed by atoms with Crippen molar-refractivity contribution < 1.29 is 23.8 Å². The van der Waals surface area contributed by atoms with E-state index < -0.39 is 5.97 Å². The molecule has 0 saturated carbocycles. The number of thiophene rings is 1. The predicted molar refractivity (Wildman–Crippen MR) is 136 cm³/mol. The number of ether oxygens (including phenoxy) is 3. The molecule has 0 unspecified atom stereocenters. The third-order valence-corrected chi connectivity index (χ3v) is 5.99. The van der Waals surface area contributed by atoms with Crippen molar-refractivity contribution in [2.45, 2.75) is 40.0 Å². The largest absolute Gasteiger partial charge is 0.494 e. The molecular weight excluding hydrogens is 450 g/mol. The van der Waals surface area contributed by atoms with Crippen LogP contribution < -0.4 is 14.8 Å². The summed E-state index contributed by atoms with van der Waals surface area (Å²) >= 11 is 1.27. The molecule has 180 valence electrons. The van der Waals surface area contributed by atoms with Crippen LogP contribution in [0, 0.1) is 0 Å². The molecule has 1 heterocycles. The Bertz CT molecular complexity index is 1110. The molecule has 1 aromatic heterocycles. The van der Waals surface area contributed by atoms with Gasteiger partial charge in [-0.1, -0.05) is 45.0 Å². The maximum atomic E-state index is 12.7. The van der Waals surface area contributed by atoms with E-state index in [2.05, 4.69) is 26.1 Å². The fourth-order valence-electron chi connectivity index (χ4n) is 3.33. The minimum atomic E-state index is -0.485. The molecule has 0 atom stereocenters. The van der Waals surface area contributed by atoms with Gasteiger partial charge in [0.25, 0.3) is 5.91 Å². The third kappa shape index (κ3) is 6.38. The zero-order valence-corrected chi connectivity index (χ0v) is 21.1. The maximum absolute atomic E-state index is 12.7. The number of amides is 1. The summed E-state index contributed by atoms with van der Waals surface area (Å²) in [6, 6.07) is 15.2. The van der Waals surface area contributed by atoms with Crippen molar-refractivity contribution in [3.63, 3.8) is 0 Å².